The zero-order valence-electron chi connectivity index (χ0n) is 21.7. The van der Waals surface area contributed by atoms with Gasteiger partial charge < -0.3 is 25.6 Å². The Labute approximate surface area is 231 Å². The standard InChI is InChI=1S/C26H30N8O5S/c27-23(35)22-24(28-19-10-8-18(9-11-19)25(36)33-13-15-39-16-14-33)29-26(31-30-22)34-12-4-5-20(17-34)32-40(37,38)21-6-2-1-3-7-21/h1-3,6-11,20,32H,4-5,12-17H2,(H2,27,35)(H,28,29,31)/t20-/m1/s1. The van der Waals surface area contributed by atoms with Crippen LogP contribution in [-0.2, 0) is 14.8 Å². The van der Waals surface area contributed by atoms with E-state index in [1.54, 1.807) is 59.5 Å². The summed E-state index contributed by atoms with van der Waals surface area (Å²) < 4.78 is 33.7. The first-order valence-electron chi connectivity index (χ1n) is 12.9. The molecule has 2 fully saturated rings. The molecule has 0 spiro atoms. The van der Waals surface area contributed by atoms with Crippen molar-refractivity contribution in [3.05, 3.63) is 65.9 Å². The number of hydrogen-bond acceptors (Lipinski definition) is 10. The van der Waals surface area contributed by atoms with Gasteiger partial charge in [0.25, 0.3) is 11.8 Å². The molecule has 40 heavy (non-hydrogen) atoms. The van der Waals surface area contributed by atoms with E-state index in [4.69, 9.17) is 10.5 Å². The van der Waals surface area contributed by atoms with Crippen LogP contribution in [0.1, 0.15) is 33.7 Å². The molecular weight excluding hydrogens is 536 g/mol. The van der Waals surface area contributed by atoms with Gasteiger partial charge in [0.05, 0.1) is 18.1 Å². The Morgan fingerprint density at radius 1 is 0.975 bits per heavy atom. The number of anilines is 3. The number of nitrogens with one attached hydrogen (secondary N) is 2. The highest BCUT2D eigenvalue weighted by Crippen LogP contribution is 2.23. The summed E-state index contributed by atoms with van der Waals surface area (Å²) in [5.74, 6) is -0.548. The summed E-state index contributed by atoms with van der Waals surface area (Å²) in [6.45, 7) is 3.02. The number of primary amides is 1. The summed E-state index contributed by atoms with van der Waals surface area (Å²) in [7, 11) is -3.69. The van der Waals surface area contributed by atoms with Crippen molar-refractivity contribution in [2.45, 2.75) is 23.8 Å². The van der Waals surface area contributed by atoms with E-state index in [1.807, 2.05) is 4.90 Å². The van der Waals surface area contributed by atoms with Crippen LogP contribution in [0.3, 0.4) is 0 Å². The molecule has 0 aliphatic carbocycles. The van der Waals surface area contributed by atoms with Gasteiger partial charge in [-0.3, -0.25) is 9.59 Å². The Bertz CT molecular complexity index is 1460. The number of piperidine rings is 1. The van der Waals surface area contributed by atoms with Crippen LogP contribution in [0, 0.1) is 0 Å². The molecule has 2 aliphatic rings. The molecule has 0 unspecified atom stereocenters. The second-order valence-corrected chi connectivity index (χ2v) is 11.2. The fourth-order valence-electron chi connectivity index (χ4n) is 4.63. The molecule has 14 heteroatoms. The van der Waals surface area contributed by atoms with Crippen LogP contribution in [0.15, 0.2) is 59.5 Å². The van der Waals surface area contributed by atoms with Gasteiger partial charge in [-0.1, -0.05) is 18.2 Å². The highest BCUT2D eigenvalue weighted by Gasteiger charge is 2.28. The van der Waals surface area contributed by atoms with E-state index in [0.717, 1.165) is 0 Å². The average Bonchev–Trinajstić information content (AvgIpc) is 2.98. The Kier molecular flexibility index (Phi) is 8.19. The summed E-state index contributed by atoms with van der Waals surface area (Å²) in [5, 5.41) is 11.1. The third-order valence-corrected chi connectivity index (χ3v) is 8.22. The Morgan fingerprint density at radius 2 is 1.70 bits per heavy atom. The second-order valence-electron chi connectivity index (χ2n) is 9.50. The van der Waals surface area contributed by atoms with Gasteiger partial charge >= 0.3 is 0 Å². The normalized spacial score (nSPS) is 17.9. The predicted molar refractivity (Wildman–Crippen MR) is 147 cm³/mol. The van der Waals surface area contributed by atoms with E-state index in [9.17, 15) is 18.0 Å². The molecule has 2 saturated heterocycles. The molecule has 0 saturated carbocycles. The number of carbonyl (C=O) groups is 2. The lowest BCUT2D eigenvalue weighted by molar-refractivity contribution is 0.0303. The summed E-state index contributed by atoms with van der Waals surface area (Å²) >= 11 is 0. The van der Waals surface area contributed by atoms with E-state index < -0.39 is 15.9 Å². The van der Waals surface area contributed by atoms with Gasteiger partial charge in [-0.15, -0.1) is 10.2 Å². The maximum absolute atomic E-state index is 12.8. The monoisotopic (exact) mass is 566 g/mol. The van der Waals surface area contributed by atoms with Gasteiger partial charge in [0.15, 0.2) is 11.5 Å². The minimum Gasteiger partial charge on any atom is -0.378 e. The van der Waals surface area contributed by atoms with Crippen molar-refractivity contribution in [3.8, 4) is 0 Å². The largest absolute Gasteiger partial charge is 0.378 e. The molecule has 13 nitrogen and oxygen atoms in total. The molecule has 4 N–H and O–H groups in total. The lowest BCUT2D eigenvalue weighted by atomic mass is 10.1. The minimum absolute atomic E-state index is 0.0822. The van der Waals surface area contributed by atoms with Crippen molar-refractivity contribution < 1.29 is 22.7 Å². The number of carbonyl (C=O) groups excluding carboxylic acids is 2. The van der Waals surface area contributed by atoms with Crippen molar-refractivity contribution in [3.63, 3.8) is 0 Å². The number of nitrogens with zero attached hydrogens (tertiary/aromatic N) is 5. The smallest absolute Gasteiger partial charge is 0.273 e. The van der Waals surface area contributed by atoms with Crippen LogP contribution >= 0.6 is 0 Å². The molecule has 5 rings (SSSR count). The van der Waals surface area contributed by atoms with E-state index in [1.165, 1.54) is 0 Å². The summed E-state index contributed by atoms with van der Waals surface area (Å²) in [5.41, 5.74) is 6.47. The second kappa shape index (κ2) is 11.9. The van der Waals surface area contributed by atoms with Crippen LogP contribution in [0.2, 0.25) is 0 Å². The first-order valence-corrected chi connectivity index (χ1v) is 14.4. The van der Waals surface area contributed by atoms with Gasteiger partial charge in [0.1, 0.15) is 0 Å². The zero-order valence-corrected chi connectivity index (χ0v) is 22.5. The number of morpholine rings is 1. The molecule has 210 valence electrons. The van der Waals surface area contributed by atoms with Crippen molar-refractivity contribution in [1.29, 1.82) is 0 Å². The van der Waals surface area contributed by atoms with Crippen LogP contribution in [-0.4, -0.2) is 85.7 Å². The van der Waals surface area contributed by atoms with Gasteiger partial charge in [0.2, 0.25) is 16.0 Å². The summed E-state index contributed by atoms with van der Waals surface area (Å²) in [4.78, 5) is 33.0. The van der Waals surface area contributed by atoms with E-state index in [0.29, 0.717) is 63.5 Å². The average molecular weight is 567 g/mol. The van der Waals surface area contributed by atoms with Crippen molar-refractivity contribution in [1.82, 2.24) is 24.8 Å². The molecular formula is C26H30N8O5S. The fraction of sp³-hybridized carbons (Fsp3) is 0.346. The number of aromatic nitrogens is 3. The molecule has 2 amide bonds. The molecule has 3 aromatic rings. The highest BCUT2D eigenvalue weighted by atomic mass is 32.2. The van der Waals surface area contributed by atoms with Crippen LogP contribution in [0.4, 0.5) is 17.5 Å². The zero-order chi connectivity index (χ0) is 28.1. The van der Waals surface area contributed by atoms with Crippen LogP contribution in [0.5, 0.6) is 0 Å². The first kappa shape index (κ1) is 27.4. The number of amides is 2. The highest BCUT2D eigenvalue weighted by molar-refractivity contribution is 7.89. The molecule has 2 aliphatic heterocycles. The number of rotatable bonds is 8. The third kappa shape index (κ3) is 6.35. The number of benzene rings is 2. The van der Waals surface area contributed by atoms with Crippen LogP contribution < -0.4 is 20.7 Å². The SMILES string of the molecule is NC(=O)c1nnc(N2CCC[C@@H](NS(=O)(=O)c3ccccc3)C2)nc1Nc1ccc(C(=O)N2CCOCC2)cc1. The molecule has 0 bridgehead atoms. The number of sulfonamides is 1. The predicted octanol–water partition coefficient (Wildman–Crippen LogP) is 1.13. The number of hydrogen-bond donors (Lipinski definition) is 3. The number of ether oxygens (including phenoxy) is 1. The lowest BCUT2D eigenvalue weighted by Gasteiger charge is -2.32. The number of nitrogens with two attached hydrogens (primary N) is 1. The van der Waals surface area contributed by atoms with E-state index in [-0.39, 0.29) is 34.3 Å². The molecule has 1 atom stereocenters. The summed E-state index contributed by atoms with van der Waals surface area (Å²) in [6.07, 6.45) is 1.35. The maximum atomic E-state index is 12.8. The van der Waals surface area contributed by atoms with Gasteiger partial charge in [0, 0.05) is 43.5 Å². The first-order chi connectivity index (χ1) is 19.3. The van der Waals surface area contributed by atoms with Gasteiger partial charge in [-0.25, -0.2) is 13.1 Å². The minimum atomic E-state index is -3.69. The van der Waals surface area contributed by atoms with Gasteiger partial charge in [-0.05, 0) is 49.2 Å². The molecule has 2 aromatic carbocycles. The Balaban J connectivity index is 1.30. The maximum Gasteiger partial charge on any atom is 0.273 e. The summed E-state index contributed by atoms with van der Waals surface area (Å²) in [6, 6.07) is 14.6. The molecule has 3 heterocycles. The Morgan fingerprint density at radius 3 is 2.40 bits per heavy atom. The van der Waals surface area contributed by atoms with E-state index >= 15 is 0 Å². The fourth-order valence-corrected chi connectivity index (χ4v) is 5.91. The van der Waals surface area contributed by atoms with Gasteiger partial charge in [-0.2, -0.15) is 4.98 Å². The van der Waals surface area contributed by atoms with Crippen molar-refractivity contribution in [2.75, 3.05) is 49.6 Å². The lowest BCUT2D eigenvalue weighted by Crippen LogP contribution is -2.48. The molecule has 1 aromatic heterocycles. The molecule has 0 radical (unpaired) electrons. The quantitative estimate of drug-likeness (QED) is 0.359. The third-order valence-electron chi connectivity index (χ3n) is 6.68. The van der Waals surface area contributed by atoms with E-state index in [2.05, 4.69) is 25.2 Å². The topological polar surface area (TPSA) is 173 Å². The van der Waals surface area contributed by atoms with Crippen molar-refractivity contribution >= 4 is 39.3 Å². The van der Waals surface area contributed by atoms with Crippen LogP contribution in [0.25, 0.3) is 0 Å². The van der Waals surface area contributed by atoms with Crippen molar-refractivity contribution in [2.24, 2.45) is 5.73 Å². The Hall–Kier alpha value is -4.14.